The molecule has 2 saturated carbocycles. The molecule has 0 atom stereocenters. The van der Waals surface area contributed by atoms with Crippen molar-refractivity contribution in [3.05, 3.63) is 5.82 Å². The van der Waals surface area contributed by atoms with Crippen molar-refractivity contribution in [2.75, 3.05) is 14.2 Å². The van der Waals surface area contributed by atoms with E-state index in [0.717, 1.165) is 55.8 Å². The number of aromatic nitrogens is 4. The van der Waals surface area contributed by atoms with Gasteiger partial charge in [-0.1, -0.05) is 12.2 Å². The molecule has 8 heteroatoms. The van der Waals surface area contributed by atoms with Gasteiger partial charge in [-0.15, -0.1) is 5.10 Å². The summed E-state index contributed by atoms with van der Waals surface area (Å²) >= 11 is 5.99. The number of methoxy groups -OCH3 is 2. The number of hydrogen-bond donors (Lipinski definition) is 0. The molecule has 0 saturated heterocycles. The molecule has 3 rings (SSSR count). The van der Waals surface area contributed by atoms with Crippen LogP contribution in [0, 0.1) is 0 Å². The maximum atomic E-state index is 5.99. The van der Waals surface area contributed by atoms with Crippen LogP contribution in [0.3, 0.4) is 0 Å². The summed E-state index contributed by atoms with van der Waals surface area (Å²) < 4.78 is 12.9. The molecule has 1 aromatic rings. The number of rotatable bonds is 8. The maximum Gasteiger partial charge on any atom is 0.150 e. The van der Waals surface area contributed by atoms with Crippen LogP contribution in [-0.4, -0.2) is 68.6 Å². The third kappa shape index (κ3) is 5.48. The average Bonchev–Trinajstić information content (AvgIpc) is 3.14. The van der Waals surface area contributed by atoms with Crippen LogP contribution in [0.4, 0.5) is 0 Å². The first-order valence-electron chi connectivity index (χ1n) is 10.7. The molecule has 7 nitrogen and oxygen atoms in total. The summed E-state index contributed by atoms with van der Waals surface area (Å²) in [5.74, 6) is 0.926. The average molecular weight is 410 g/mol. The number of ether oxygens (including phenoxy) is 2. The molecule has 2 aliphatic rings. The summed E-state index contributed by atoms with van der Waals surface area (Å²) in [5.41, 5.74) is 0. The minimum Gasteiger partial charge on any atom is -0.381 e. The standard InChI is InChI=1S/C20H35N5O2S/c1-24-19(21-22-23-24)5-4-6-20(28)25(15-7-11-17(26-2)12-8-15)16-9-13-18(27-3)14-10-16/h15-18H,4-14H2,1-3H3. The third-order valence-electron chi connectivity index (χ3n) is 6.53. The molecule has 158 valence electrons. The topological polar surface area (TPSA) is 65.3 Å². The minimum atomic E-state index is 0.416. The van der Waals surface area contributed by atoms with E-state index in [9.17, 15) is 0 Å². The molecule has 0 aliphatic heterocycles. The largest absolute Gasteiger partial charge is 0.381 e. The van der Waals surface area contributed by atoms with Crippen molar-refractivity contribution in [1.29, 1.82) is 0 Å². The van der Waals surface area contributed by atoms with Gasteiger partial charge in [0.1, 0.15) is 0 Å². The van der Waals surface area contributed by atoms with Crippen molar-refractivity contribution >= 4 is 17.2 Å². The van der Waals surface area contributed by atoms with E-state index in [2.05, 4.69) is 20.4 Å². The first kappa shape index (κ1) is 21.6. The van der Waals surface area contributed by atoms with Gasteiger partial charge in [0.05, 0.1) is 17.2 Å². The van der Waals surface area contributed by atoms with Gasteiger partial charge in [0, 0.05) is 39.8 Å². The van der Waals surface area contributed by atoms with Gasteiger partial charge < -0.3 is 14.4 Å². The van der Waals surface area contributed by atoms with Crippen LogP contribution in [0.1, 0.15) is 70.0 Å². The van der Waals surface area contributed by atoms with Gasteiger partial charge >= 0.3 is 0 Å². The van der Waals surface area contributed by atoms with Crippen LogP contribution in [0.25, 0.3) is 0 Å². The molecular weight excluding hydrogens is 374 g/mol. The molecule has 0 radical (unpaired) electrons. The minimum absolute atomic E-state index is 0.416. The predicted molar refractivity (Wildman–Crippen MR) is 112 cm³/mol. The molecule has 0 aromatic carbocycles. The van der Waals surface area contributed by atoms with E-state index >= 15 is 0 Å². The van der Waals surface area contributed by atoms with Crippen molar-refractivity contribution in [2.45, 2.75) is 94.9 Å². The van der Waals surface area contributed by atoms with Crippen LogP contribution in [0.2, 0.25) is 0 Å². The lowest BCUT2D eigenvalue weighted by atomic mass is 9.86. The lowest BCUT2D eigenvalue weighted by Gasteiger charge is -2.45. The van der Waals surface area contributed by atoms with Crippen LogP contribution in [0.15, 0.2) is 0 Å². The highest BCUT2D eigenvalue weighted by Crippen LogP contribution is 2.33. The van der Waals surface area contributed by atoms with Crippen molar-refractivity contribution in [2.24, 2.45) is 7.05 Å². The summed E-state index contributed by atoms with van der Waals surface area (Å²) in [6.07, 6.45) is 12.9. The summed E-state index contributed by atoms with van der Waals surface area (Å²) in [5, 5.41) is 11.7. The van der Waals surface area contributed by atoms with Gasteiger partial charge in [-0.3, -0.25) is 0 Å². The Morgan fingerprint density at radius 3 is 1.96 bits per heavy atom. The second-order valence-electron chi connectivity index (χ2n) is 8.21. The van der Waals surface area contributed by atoms with E-state index in [0.29, 0.717) is 24.3 Å². The Balaban J connectivity index is 1.60. The zero-order valence-corrected chi connectivity index (χ0v) is 18.4. The second-order valence-corrected chi connectivity index (χ2v) is 8.68. The Hall–Kier alpha value is -1.12. The van der Waals surface area contributed by atoms with Gasteiger partial charge in [0.15, 0.2) is 5.82 Å². The zero-order chi connectivity index (χ0) is 19.9. The third-order valence-corrected chi connectivity index (χ3v) is 6.94. The quantitative estimate of drug-likeness (QED) is 0.611. The summed E-state index contributed by atoms with van der Waals surface area (Å²) in [6.45, 7) is 0. The summed E-state index contributed by atoms with van der Waals surface area (Å²) in [7, 11) is 5.56. The Morgan fingerprint density at radius 2 is 1.54 bits per heavy atom. The number of hydrogen-bond acceptors (Lipinski definition) is 6. The van der Waals surface area contributed by atoms with E-state index in [-0.39, 0.29) is 0 Å². The number of thiocarbonyl (C=S) groups is 1. The monoisotopic (exact) mass is 409 g/mol. The van der Waals surface area contributed by atoms with Crippen molar-refractivity contribution in [1.82, 2.24) is 25.1 Å². The normalized spacial score (nSPS) is 28.2. The fourth-order valence-corrected chi connectivity index (χ4v) is 5.25. The Kier molecular flexibility index (Phi) is 8.17. The molecule has 1 heterocycles. The molecule has 28 heavy (non-hydrogen) atoms. The lowest BCUT2D eigenvalue weighted by Crippen LogP contribution is -2.50. The van der Waals surface area contributed by atoms with E-state index < -0.39 is 0 Å². The number of nitrogens with zero attached hydrogens (tertiary/aromatic N) is 5. The van der Waals surface area contributed by atoms with Gasteiger partial charge in [-0.25, -0.2) is 4.68 Å². The highest BCUT2D eigenvalue weighted by molar-refractivity contribution is 7.80. The van der Waals surface area contributed by atoms with Crippen molar-refractivity contribution < 1.29 is 9.47 Å². The molecule has 2 aliphatic carbocycles. The van der Waals surface area contributed by atoms with Crippen molar-refractivity contribution in [3.63, 3.8) is 0 Å². The van der Waals surface area contributed by atoms with Gasteiger partial charge in [-0.2, -0.15) is 0 Å². The van der Waals surface area contributed by atoms with E-state index in [1.807, 2.05) is 21.3 Å². The Labute approximate surface area is 174 Å². The fourth-order valence-electron chi connectivity index (χ4n) is 4.81. The second kappa shape index (κ2) is 10.6. The van der Waals surface area contributed by atoms with E-state index in [1.165, 1.54) is 25.7 Å². The molecule has 1 aromatic heterocycles. The highest BCUT2D eigenvalue weighted by Gasteiger charge is 2.34. The fraction of sp³-hybridized carbons (Fsp3) is 0.900. The smallest absolute Gasteiger partial charge is 0.150 e. The SMILES string of the molecule is COC1CCC(N(C(=S)CCCc2nnnn2C)C2CCC(OC)CC2)CC1. The maximum absolute atomic E-state index is 5.99. The van der Waals surface area contributed by atoms with Crippen LogP contribution >= 0.6 is 12.2 Å². The molecule has 2 fully saturated rings. The van der Waals surface area contributed by atoms with Gasteiger partial charge in [0.25, 0.3) is 0 Å². The first-order chi connectivity index (χ1) is 13.6. The molecule has 0 amide bonds. The molecule has 0 unspecified atom stereocenters. The number of tetrazole rings is 1. The van der Waals surface area contributed by atoms with E-state index in [4.69, 9.17) is 21.7 Å². The van der Waals surface area contributed by atoms with Gasteiger partial charge in [-0.05, 0) is 74.6 Å². The molecule has 0 N–H and O–H groups in total. The zero-order valence-electron chi connectivity index (χ0n) is 17.5. The molecular formula is C20H35N5O2S. The summed E-state index contributed by atoms with van der Waals surface area (Å²) in [6, 6.07) is 1.11. The first-order valence-corrected chi connectivity index (χ1v) is 11.1. The van der Waals surface area contributed by atoms with Crippen LogP contribution < -0.4 is 0 Å². The molecule has 0 spiro atoms. The van der Waals surface area contributed by atoms with Crippen LogP contribution in [0.5, 0.6) is 0 Å². The van der Waals surface area contributed by atoms with E-state index in [1.54, 1.807) is 4.68 Å². The Morgan fingerprint density at radius 1 is 1.00 bits per heavy atom. The highest BCUT2D eigenvalue weighted by atomic mass is 32.1. The molecule has 0 bridgehead atoms. The predicted octanol–water partition coefficient (Wildman–Crippen LogP) is 3.08. The Bertz CT molecular complexity index is 585. The van der Waals surface area contributed by atoms with Gasteiger partial charge in [0.2, 0.25) is 0 Å². The van der Waals surface area contributed by atoms with Crippen LogP contribution in [-0.2, 0) is 22.9 Å². The lowest BCUT2D eigenvalue weighted by molar-refractivity contribution is 0.0237. The van der Waals surface area contributed by atoms with Crippen molar-refractivity contribution in [3.8, 4) is 0 Å². The summed E-state index contributed by atoms with van der Waals surface area (Å²) in [4.78, 5) is 3.74. The number of aryl methyl sites for hydroxylation is 2.